The summed E-state index contributed by atoms with van der Waals surface area (Å²) >= 11 is 0. The van der Waals surface area contributed by atoms with E-state index in [9.17, 15) is 0 Å². The van der Waals surface area contributed by atoms with Gasteiger partial charge in [-0.1, -0.05) is 18.2 Å². The van der Waals surface area contributed by atoms with E-state index in [2.05, 4.69) is 18.0 Å². The predicted molar refractivity (Wildman–Crippen MR) is 81.0 cm³/mol. The summed E-state index contributed by atoms with van der Waals surface area (Å²) in [6, 6.07) is 8.23. The molecule has 1 atom stereocenters. The molecule has 20 heavy (non-hydrogen) atoms. The fourth-order valence-corrected chi connectivity index (χ4v) is 2.38. The molecule has 2 rings (SSSR count). The SMILES string of the molecule is COc1ccccc1C(CN)N(C)CCOCC1CC1. The lowest BCUT2D eigenvalue weighted by atomic mass is 10.0. The number of benzene rings is 1. The molecule has 1 fully saturated rings. The van der Waals surface area contributed by atoms with E-state index < -0.39 is 0 Å². The van der Waals surface area contributed by atoms with E-state index in [1.165, 1.54) is 12.8 Å². The van der Waals surface area contributed by atoms with Crippen LogP contribution >= 0.6 is 0 Å². The zero-order valence-electron chi connectivity index (χ0n) is 12.5. The molecule has 1 aromatic rings. The van der Waals surface area contributed by atoms with Gasteiger partial charge in [-0.25, -0.2) is 0 Å². The van der Waals surface area contributed by atoms with Crippen molar-refractivity contribution in [2.75, 3.05) is 40.5 Å². The molecule has 1 aromatic carbocycles. The minimum atomic E-state index is 0.163. The van der Waals surface area contributed by atoms with Crippen molar-refractivity contribution in [1.82, 2.24) is 4.90 Å². The summed E-state index contributed by atoms with van der Waals surface area (Å²) in [7, 11) is 3.79. The highest BCUT2D eigenvalue weighted by atomic mass is 16.5. The Hall–Kier alpha value is -1.10. The van der Waals surface area contributed by atoms with Crippen LogP contribution in [-0.4, -0.2) is 45.4 Å². The van der Waals surface area contributed by atoms with Crippen molar-refractivity contribution in [2.45, 2.75) is 18.9 Å². The second kappa shape index (κ2) is 7.62. The third-order valence-electron chi connectivity index (χ3n) is 3.89. The van der Waals surface area contributed by atoms with Gasteiger partial charge in [0, 0.05) is 25.3 Å². The van der Waals surface area contributed by atoms with Crippen molar-refractivity contribution in [3.8, 4) is 5.75 Å². The Morgan fingerprint density at radius 1 is 1.35 bits per heavy atom. The van der Waals surface area contributed by atoms with Crippen molar-refractivity contribution in [1.29, 1.82) is 0 Å². The van der Waals surface area contributed by atoms with Crippen LogP contribution in [0, 0.1) is 5.92 Å². The molecule has 1 unspecified atom stereocenters. The average Bonchev–Trinajstić information content (AvgIpc) is 3.29. The molecule has 0 aromatic heterocycles. The fourth-order valence-electron chi connectivity index (χ4n) is 2.38. The van der Waals surface area contributed by atoms with E-state index in [0.717, 1.165) is 37.0 Å². The number of hydrogen-bond donors (Lipinski definition) is 1. The van der Waals surface area contributed by atoms with Crippen LogP contribution in [0.25, 0.3) is 0 Å². The van der Waals surface area contributed by atoms with Gasteiger partial charge in [-0.3, -0.25) is 4.90 Å². The lowest BCUT2D eigenvalue weighted by Gasteiger charge is -2.28. The first kappa shape index (κ1) is 15.3. The van der Waals surface area contributed by atoms with Gasteiger partial charge in [0.15, 0.2) is 0 Å². The molecule has 2 N–H and O–H groups in total. The molecule has 4 heteroatoms. The van der Waals surface area contributed by atoms with Crippen LogP contribution in [-0.2, 0) is 4.74 Å². The number of methoxy groups -OCH3 is 1. The maximum atomic E-state index is 5.95. The zero-order valence-corrected chi connectivity index (χ0v) is 12.5. The van der Waals surface area contributed by atoms with Crippen LogP contribution in [0.15, 0.2) is 24.3 Å². The first-order valence-electron chi connectivity index (χ1n) is 7.37. The van der Waals surface area contributed by atoms with E-state index in [1.807, 2.05) is 18.2 Å². The average molecular weight is 278 g/mol. The summed E-state index contributed by atoms with van der Waals surface area (Å²) in [5.74, 6) is 1.72. The van der Waals surface area contributed by atoms with E-state index in [1.54, 1.807) is 7.11 Å². The summed E-state index contributed by atoms with van der Waals surface area (Å²) in [5.41, 5.74) is 7.09. The largest absolute Gasteiger partial charge is 0.496 e. The van der Waals surface area contributed by atoms with E-state index in [4.69, 9.17) is 15.2 Å². The minimum Gasteiger partial charge on any atom is -0.496 e. The molecule has 0 saturated heterocycles. The molecule has 112 valence electrons. The topological polar surface area (TPSA) is 47.7 Å². The van der Waals surface area contributed by atoms with Crippen LogP contribution in [0.4, 0.5) is 0 Å². The second-order valence-electron chi connectivity index (χ2n) is 5.49. The first-order valence-corrected chi connectivity index (χ1v) is 7.37. The minimum absolute atomic E-state index is 0.163. The number of nitrogens with two attached hydrogens (primary N) is 1. The summed E-state index contributed by atoms with van der Waals surface area (Å²) in [5, 5.41) is 0. The molecule has 0 bridgehead atoms. The van der Waals surface area contributed by atoms with Crippen LogP contribution in [0.2, 0.25) is 0 Å². The van der Waals surface area contributed by atoms with Crippen LogP contribution in [0.1, 0.15) is 24.4 Å². The highest BCUT2D eigenvalue weighted by Gasteiger charge is 2.22. The Labute approximate surface area is 121 Å². The number of hydrogen-bond acceptors (Lipinski definition) is 4. The number of nitrogens with zero attached hydrogens (tertiary/aromatic N) is 1. The van der Waals surface area contributed by atoms with Crippen LogP contribution in [0.5, 0.6) is 5.75 Å². The fraction of sp³-hybridized carbons (Fsp3) is 0.625. The van der Waals surface area contributed by atoms with Crippen LogP contribution < -0.4 is 10.5 Å². The summed E-state index contributed by atoms with van der Waals surface area (Å²) in [6.07, 6.45) is 2.67. The molecule has 0 amide bonds. The van der Waals surface area contributed by atoms with Crippen molar-refractivity contribution in [2.24, 2.45) is 11.7 Å². The Kier molecular flexibility index (Phi) is 5.83. The lowest BCUT2D eigenvalue weighted by molar-refractivity contribution is 0.0918. The standard InChI is InChI=1S/C16H26N2O2/c1-18(9-10-20-12-13-7-8-13)15(11-17)14-5-3-4-6-16(14)19-2/h3-6,13,15H,7-12,17H2,1-2H3. The van der Waals surface area contributed by atoms with Gasteiger partial charge in [0.1, 0.15) is 5.75 Å². The molecular weight excluding hydrogens is 252 g/mol. The van der Waals surface area contributed by atoms with Crippen molar-refractivity contribution in [3.63, 3.8) is 0 Å². The Morgan fingerprint density at radius 3 is 2.75 bits per heavy atom. The van der Waals surface area contributed by atoms with E-state index in [-0.39, 0.29) is 6.04 Å². The molecule has 1 aliphatic carbocycles. The molecule has 0 radical (unpaired) electrons. The van der Waals surface area contributed by atoms with E-state index in [0.29, 0.717) is 6.54 Å². The Balaban J connectivity index is 1.88. The molecule has 0 aliphatic heterocycles. The summed E-state index contributed by atoms with van der Waals surface area (Å²) in [6.45, 7) is 3.13. The third-order valence-corrected chi connectivity index (χ3v) is 3.89. The van der Waals surface area contributed by atoms with Crippen molar-refractivity contribution in [3.05, 3.63) is 29.8 Å². The molecule has 4 nitrogen and oxygen atoms in total. The maximum Gasteiger partial charge on any atom is 0.123 e. The molecule has 1 aliphatic rings. The lowest BCUT2D eigenvalue weighted by Crippen LogP contribution is -2.33. The first-order chi connectivity index (χ1) is 9.76. The molecule has 1 saturated carbocycles. The number of ether oxygens (including phenoxy) is 2. The molecule has 0 spiro atoms. The van der Waals surface area contributed by atoms with Gasteiger partial charge in [0.2, 0.25) is 0 Å². The highest BCUT2D eigenvalue weighted by Crippen LogP contribution is 2.29. The van der Waals surface area contributed by atoms with Gasteiger partial charge < -0.3 is 15.2 Å². The molecular formula is C16H26N2O2. The quantitative estimate of drug-likeness (QED) is 0.702. The van der Waals surface area contributed by atoms with Gasteiger partial charge in [-0.05, 0) is 31.9 Å². The van der Waals surface area contributed by atoms with Crippen molar-refractivity contribution >= 4 is 0 Å². The highest BCUT2D eigenvalue weighted by molar-refractivity contribution is 5.36. The Morgan fingerprint density at radius 2 is 2.10 bits per heavy atom. The van der Waals surface area contributed by atoms with Crippen molar-refractivity contribution < 1.29 is 9.47 Å². The summed E-state index contributed by atoms with van der Waals surface area (Å²) < 4.78 is 11.1. The number of para-hydroxylation sites is 1. The van der Waals surface area contributed by atoms with E-state index >= 15 is 0 Å². The summed E-state index contributed by atoms with van der Waals surface area (Å²) in [4.78, 5) is 2.24. The Bertz CT molecular complexity index is 407. The number of likely N-dealkylation sites (N-methyl/N-ethyl adjacent to an activating group) is 1. The smallest absolute Gasteiger partial charge is 0.123 e. The van der Waals surface area contributed by atoms with Gasteiger partial charge in [-0.15, -0.1) is 0 Å². The monoisotopic (exact) mass is 278 g/mol. The second-order valence-corrected chi connectivity index (χ2v) is 5.49. The number of rotatable bonds is 9. The van der Waals surface area contributed by atoms with Crippen LogP contribution in [0.3, 0.4) is 0 Å². The normalized spacial score (nSPS) is 16.4. The van der Waals surface area contributed by atoms with Gasteiger partial charge in [0.05, 0.1) is 19.8 Å². The molecule has 0 heterocycles. The zero-order chi connectivity index (χ0) is 14.4. The van der Waals surface area contributed by atoms with Gasteiger partial charge in [0.25, 0.3) is 0 Å². The van der Waals surface area contributed by atoms with Gasteiger partial charge >= 0.3 is 0 Å². The predicted octanol–water partition coefficient (Wildman–Crippen LogP) is 2.05. The third kappa shape index (κ3) is 4.20. The maximum absolute atomic E-state index is 5.95. The van der Waals surface area contributed by atoms with Gasteiger partial charge in [-0.2, -0.15) is 0 Å².